The van der Waals surface area contributed by atoms with Crippen LogP contribution in [0.4, 0.5) is 0 Å². The normalized spacial score (nSPS) is 21.9. The predicted molar refractivity (Wildman–Crippen MR) is 85.2 cm³/mol. The van der Waals surface area contributed by atoms with E-state index >= 15 is 0 Å². The van der Waals surface area contributed by atoms with Crippen LogP contribution in [0.3, 0.4) is 0 Å². The first-order valence-corrected chi connectivity index (χ1v) is 7.13. The number of benzene rings is 1. The van der Waals surface area contributed by atoms with E-state index in [1.807, 2.05) is 0 Å². The first-order valence-electron chi connectivity index (χ1n) is 7.13. The highest BCUT2D eigenvalue weighted by molar-refractivity contribution is 5.85. The Morgan fingerprint density at radius 3 is 2.80 bits per heavy atom. The van der Waals surface area contributed by atoms with Crippen LogP contribution >= 0.6 is 12.4 Å². The van der Waals surface area contributed by atoms with Crippen LogP contribution in [0.2, 0.25) is 0 Å². The van der Waals surface area contributed by atoms with E-state index in [0.717, 1.165) is 19.4 Å². The zero-order chi connectivity index (χ0) is 13.8. The third kappa shape index (κ3) is 4.50. The molecule has 0 aromatic heterocycles. The second-order valence-corrected chi connectivity index (χ2v) is 5.72. The van der Waals surface area contributed by atoms with Crippen LogP contribution in [0.25, 0.3) is 0 Å². The van der Waals surface area contributed by atoms with E-state index in [4.69, 9.17) is 0 Å². The molecule has 1 saturated heterocycles. The fourth-order valence-corrected chi connectivity index (χ4v) is 2.74. The van der Waals surface area contributed by atoms with Crippen molar-refractivity contribution in [3.63, 3.8) is 0 Å². The Hall–Kier alpha value is -1.06. The maximum atomic E-state index is 12.2. The summed E-state index contributed by atoms with van der Waals surface area (Å²) in [7, 11) is 0. The Kier molecular flexibility index (Phi) is 6.50. The molecule has 0 spiro atoms. The van der Waals surface area contributed by atoms with E-state index in [0.29, 0.717) is 12.6 Å². The highest BCUT2D eigenvalue weighted by Crippen LogP contribution is 2.16. The Bertz CT molecular complexity index is 462. The summed E-state index contributed by atoms with van der Waals surface area (Å²) in [5.41, 5.74) is 3.72. The van der Waals surface area contributed by atoms with Crippen molar-refractivity contribution < 1.29 is 4.79 Å². The van der Waals surface area contributed by atoms with Crippen molar-refractivity contribution in [2.24, 2.45) is 5.92 Å². The summed E-state index contributed by atoms with van der Waals surface area (Å²) in [6, 6.07) is 6.82. The average Bonchev–Trinajstić information content (AvgIpc) is 2.37. The molecule has 1 aromatic rings. The van der Waals surface area contributed by atoms with E-state index in [9.17, 15) is 4.79 Å². The van der Waals surface area contributed by atoms with Gasteiger partial charge in [0.15, 0.2) is 0 Å². The number of hydrogen-bond donors (Lipinski definition) is 2. The molecule has 112 valence electrons. The predicted octanol–water partition coefficient (Wildman–Crippen LogP) is 2.73. The highest BCUT2D eigenvalue weighted by Gasteiger charge is 2.24. The van der Waals surface area contributed by atoms with E-state index in [-0.39, 0.29) is 24.2 Å². The van der Waals surface area contributed by atoms with Gasteiger partial charge in [-0.1, -0.05) is 23.8 Å². The van der Waals surface area contributed by atoms with E-state index in [1.54, 1.807) is 0 Å². The number of carbonyl (C=O) groups excluding carboxylic acids is 1. The second kappa shape index (κ2) is 7.65. The van der Waals surface area contributed by atoms with Crippen LogP contribution in [-0.4, -0.2) is 18.5 Å². The molecule has 1 aromatic carbocycles. The molecule has 2 rings (SSSR count). The number of rotatable bonds is 3. The molecule has 0 saturated carbocycles. The topological polar surface area (TPSA) is 41.1 Å². The minimum absolute atomic E-state index is 0. The smallest absolute Gasteiger partial charge is 0.223 e. The van der Waals surface area contributed by atoms with Gasteiger partial charge in [-0.3, -0.25) is 4.79 Å². The number of aryl methyl sites for hydroxylation is 2. The van der Waals surface area contributed by atoms with Crippen molar-refractivity contribution in [2.75, 3.05) is 6.54 Å². The summed E-state index contributed by atoms with van der Waals surface area (Å²) in [5.74, 6) is 0.371. The number of halogens is 1. The molecule has 1 aliphatic rings. The number of piperidine rings is 1. The molecule has 20 heavy (non-hydrogen) atoms. The maximum absolute atomic E-state index is 12.2. The molecule has 0 unspecified atom stereocenters. The molecular formula is C16H25ClN2O. The number of hydrogen-bond acceptors (Lipinski definition) is 2. The minimum Gasteiger partial charge on any atom is -0.352 e. The van der Waals surface area contributed by atoms with Crippen LogP contribution < -0.4 is 10.6 Å². The summed E-state index contributed by atoms with van der Waals surface area (Å²) in [6.45, 7) is 7.92. The molecular weight excluding hydrogens is 272 g/mol. The largest absolute Gasteiger partial charge is 0.352 e. The van der Waals surface area contributed by atoms with Crippen LogP contribution in [0, 0.1) is 19.8 Å². The summed E-state index contributed by atoms with van der Waals surface area (Å²) in [5, 5.41) is 6.46. The average molecular weight is 297 g/mol. The van der Waals surface area contributed by atoms with Crippen LogP contribution in [0.1, 0.15) is 36.5 Å². The second-order valence-electron chi connectivity index (χ2n) is 5.72. The zero-order valence-electron chi connectivity index (χ0n) is 12.5. The first kappa shape index (κ1) is 17.0. The summed E-state index contributed by atoms with van der Waals surface area (Å²) < 4.78 is 0. The molecule has 2 atom stereocenters. The van der Waals surface area contributed by atoms with Crippen molar-refractivity contribution >= 4 is 18.3 Å². The van der Waals surface area contributed by atoms with E-state index in [2.05, 4.69) is 49.6 Å². The van der Waals surface area contributed by atoms with Crippen LogP contribution in [0.15, 0.2) is 18.2 Å². The van der Waals surface area contributed by atoms with Crippen molar-refractivity contribution in [3.8, 4) is 0 Å². The molecule has 0 bridgehead atoms. The van der Waals surface area contributed by atoms with E-state index in [1.165, 1.54) is 16.7 Å². The summed E-state index contributed by atoms with van der Waals surface area (Å²) in [4.78, 5) is 12.2. The molecule has 0 aliphatic carbocycles. The summed E-state index contributed by atoms with van der Waals surface area (Å²) in [6.07, 6.45) is 1.89. The van der Waals surface area contributed by atoms with Crippen molar-refractivity contribution in [2.45, 2.75) is 46.2 Å². The fraction of sp³-hybridized carbons (Fsp3) is 0.562. The number of amides is 1. The molecule has 4 heteroatoms. The Labute approximate surface area is 127 Å². The quantitative estimate of drug-likeness (QED) is 0.900. The fourth-order valence-electron chi connectivity index (χ4n) is 2.74. The lowest BCUT2D eigenvalue weighted by Crippen LogP contribution is -2.42. The van der Waals surface area contributed by atoms with Crippen LogP contribution in [-0.2, 0) is 11.3 Å². The van der Waals surface area contributed by atoms with Crippen molar-refractivity contribution in [1.29, 1.82) is 0 Å². The highest BCUT2D eigenvalue weighted by atomic mass is 35.5. The lowest BCUT2D eigenvalue weighted by Gasteiger charge is -2.27. The maximum Gasteiger partial charge on any atom is 0.223 e. The standard InChI is InChI=1S/C16H24N2O.ClH/c1-11-4-5-15(12(2)8-11)10-18-16(19)14-6-7-17-13(3)9-14;/h4-5,8,13-14,17H,6-7,9-10H2,1-3H3,(H,18,19);1H/t13-,14-;/m0./s1. The zero-order valence-corrected chi connectivity index (χ0v) is 13.3. The van der Waals surface area contributed by atoms with Gasteiger partial charge < -0.3 is 10.6 Å². The molecule has 3 nitrogen and oxygen atoms in total. The van der Waals surface area contributed by atoms with Crippen molar-refractivity contribution in [3.05, 3.63) is 34.9 Å². The van der Waals surface area contributed by atoms with Gasteiger partial charge in [0.2, 0.25) is 5.91 Å². The Morgan fingerprint density at radius 1 is 1.40 bits per heavy atom. The molecule has 0 radical (unpaired) electrons. The van der Waals surface area contributed by atoms with Gasteiger partial charge in [-0.2, -0.15) is 0 Å². The molecule has 1 aliphatic heterocycles. The molecule has 1 fully saturated rings. The third-order valence-corrected chi connectivity index (χ3v) is 3.95. The van der Waals surface area contributed by atoms with Gasteiger partial charge in [0, 0.05) is 18.5 Å². The van der Waals surface area contributed by atoms with Gasteiger partial charge in [-0.25, -0.2) is 0 Å². The third-order valence-electron chi connectivity index (χ3n) is 3.95. The molecule has 1 heterocycles. The van der Waals surface area contributed by atoms with Gasteiger partial charge in [0.1, 0.15) is 0 Å². The van der Waals surface area contributed by atoms with Gasteiger partial charge in [-0.05, 0) is 51.3 Å². The van der Waals surface area contributed by atoms with Crippen LogP contribution in [0.5, 0.6) is 0 Å². The van der Waals surface area contributed by atoms with Gasteiger partial charge in [-0.15, -0.1) is 12.4 Å². The SMILES string of the molecule is Cc1ccc(CNC(=O)[C@H]2CCN[C@@H](C)C2)c(C)c1.Cl. The van der Waals surface area contributed by atoms with Gasteiger partial charge >= 0.3 is 0 Å². The van der Waals surface area contributed by atoms with Crippen molar-refractivity contribution in [1.82, 2.24) is 10.6 Å². The first-order chi connectivity index (χ1) is 9.06. The Morgan fingerprint density at radius 2 is 2.15 bits per heavy atom. The number of carbonyl (C=O) groups is 1. The van der Waals surface area contributed by atoms with Gasteiger partial charge in [0.05, 0.1) is 0 Å². The number of nitrogens with one attached hydrogen (secondary N) is 2. The lowest BCUT2D eigenvalue weighted by molar-refractivity contribution is -0.126. The van der Waals surface area contributed by atoms with Gasteiger partial charge in [0.25, 0.3) is 0 Å². The molecule has 1 amide bonds. The van der Waals surface area contributed by atoms with E-state index < -0.39 is 0 Å². The monoisotopic (exact) mass is 296 g/mol. The lowest BCUT2D eigenvalue weighted by atomic mass is 9.92. The Balaban J connectivity index is 0.00000200. The minimum atomic E-state index is 0. The molecule has 2 N–H and O–H groups in total. The summed E-state index contributed by atoms with van der Waals surface area (Å²) >= 11 is 0.